The number of ether oxygens (including phenoxy) is 2. The first-order chi connectivity index (χ1) is 11.5. The summed E-state index contributed by atoms with van der Waals surface area (Å²) in [5, 5.41) is 9.53. The molecule has 2 heterocycles. The summed E-state index contributed by atoms with van der Waals surface area (Å²) < 4.78 is 11.6. The first-order valence-electron chi connectivity index (χ1n) is 6.73. The fourth-order valence-corrected chi connectivity index (χ4v) is 3.20. The third-order valence-corrected chi connectivity index (χ3v) is 4.32. The van der Waals surface area contributed by atoms with Crippen LogP contribution in [0.2, 0.25) is 0 Å². The Labute approximate surface area is 149 Å². The topological polar surface area (TPSA) is 117 Å². The Kier molecular flexibility index (Phi) is 4.17. The molecule has 3 rings (SSSR count). The summed E-state index contributed by atoms with van der Waals surface area (Å²) in [6, 6.07) is 7.32. The Balaban J connectivity index is 2.39. The molecule has 1 atom stereocenters. The lowest BCUT2D eigenvalue weighted by Gasteiger charge is -2.26. The number of H-pyrrole nitrogens is 2. The van der Waals surface area contributed by atoms with Gasteiger partial charge in [0.15, 0.2) is 4.77 Å². The molecule has 9 heteroatoms. The van der Waals surface area contributed by atoms with Crippen molar-refractivity contribution in [3.8, 4) is 17.7 Å². The molecule has 1 aliphatic heterocycles. The standard InChI is InChI=1S/C15H11BrN4O3S/c1-22-9-3-2-6(16)4-7(9)10-8(5-17)12(18)23-14-11(10)13(21)19-15(24)20-14/h2-4,10H,18H2,1H3,(H2,19,20,21,24)/t10-/m0/s1. The summed E-state index contributed by atoms with van der Waals surface area (Å²) in [7, 11) is 1.51. The van der Waals surface area contributed by atoms with Crippen LogP contribution < -0.4 is 20.8 Å². The molecule has 0 saturated heterocycles. The minimum absolute atomic E-state index is 0.0896. The fraction of sp³-hybridized carbons (Fsp3) is 0.133. The number of aromatic amines is 2. The zero-order chi connectivity index (χ0) is 17.4. The van der Waals surface area contributed by atoms with E-state index in [0.29, 0.717) is 11.3 Å². The number of nitrogens with zero attached hydrogens (tertiary/aromatic N) is 1. The first-order valence-corrected chi connectivity index (χ1v) is 7.94. The number of benzene rings is 1. The lowest BCUT2D eigenvalue weighted by molar-refractivity contribution is 0.370. The molecule has 0 unspecified atom stereocenters. The predicted octanol–water partition coefficient (Wildman–Crippen LogP) is 2.42. The van der Waals surface area contributed by atoms with Crippen LogP contribution in [0.3, 0.4) is 0 Å². The minimum Gasteiger partial charge on any atom is -0.496 e. The molecular weight excluding hydrogens is 396 g/mol. The molecule has 1 aromatic carbocycles. The summed E-state index contributed by atoms with van der Waals surface area (Å²) in [6.45, 7) is 0. The Morgan fingerprint density at radius 1 is 1.46 bits per heavy atom. The van der Waals surface area contributed by atoms with Crippen molar-refractivity contribution in [3.63, 3.8) is 0 Å². The Bertz CT molecular complexity index is 1020. The van der Waals surface area contributed by atoms with Gasteiger partial charge < -0.3 is 20.2 Å². The summed E-state index contributed by atoms with van der Waals surface area (Å²) in [5.41, 5.74) is 6.36. The lowest BCUT2D eigenvalue weighted by Crippen LogP contribution is -2.28. The average molecular weight is 407 g/mol. The minimum atomic E-state index is -0.748. The number of hydrogen-bond acceptors (Lipinski definition) is 6. The molecule has 1 aromatic heterocycles. The smallest absolute Gasteiger partial charge is 0.259 e. The molecule has 122 valence electrons. The van der Waals surface area contributed by atoms with Crippen molar-refractivity contribution in [1.29, 1.82) is 5.26 Å². The fourth-order valence-electron chi connectivity index (χ4n) is 2.63. The Morgan fingerprint density at radius 2 is 2.21 bits per heavy atom. The largest absolute Gasteiger partial charge is 0.496 e. The predicted molar refractivity (Wildman–Crippen MR) is 92.2 cm³/mol. The van der Waals surface area contributed by atoms with Crippen LogP contribution in [0.25, 0.3) is 0 Å². The van der Waals surface area contributed by atoms with Crippen molar-refractivity contribution < 1.29 is 9.47 Å². The molecule has 0 amide bonds. The van der Waals surface area contributed by atoms with Gasteiger partial charge in [-0.15, -0.1) is 0 Å². The van der Waals surface area contributed by atoms with E-state index in [2.05, 4.69) is 25.9 Å². The normalized spacial score (nSPS) is 16.1. The van der Waals surface area contributed by atoms with E-state index in [1.807, 2.05) is 6.07 Å². The highest BCUT2D eigenvalue weighted by Crippen LogP contribution is 2.43. The van der Waals surface area contributed by atoms with E-state index in [1.54, 1.807) is 18.2 Å². The van der Waals surface area contributed by atoms with Crippen LogP contribution in [-0.2, 0) is 0 Å². The number of halogens is 1. The molecule has 7 nitrogen and oxygen atoms in total. The maximum Gasteiger partial charge on any atom is 0.259 e. The number of nitriles is 1. The van der Waals surface area contributed by atoms with Crippen LogP contribution in [0.15, 0.2) is 38.9 Å². The van der Waals surface area contributed by atoms with Gasteiger partial charge in [-0.2, -0.15) is 5.26 Å². The number of methoxy groups -OCH3 is 1. The van der Waals surface area contributed by atoms with E-state index >= 15 is 0 Å². The van der Waals surface area contributed by atoms with Crippen molar-refractivity contribution in [3.05, 3.63) is 60.4 Å². The van der Waals surface area contributed by atoms with Gasteiger partial charge in [0.2, 0.25) is 11.8 Å². The molecule has 2 aromatic rings. The zero-order valence-electron chi connectivity index (χ0n) is 12.3. The van der Waals surface area contributed by atoms with E-state index in [9.17, 15) is 10.1 Å². The number of nitrogens with two attached hydrogens (primary N) is 1. The van der Waals surface area contributed by atoms with Crippen molar-refractivity contribution in [2.24, 2.45) is 5.73 Å². The van der Waals surface area contributed by atoms with Gasteiger partial charge in [0.25, 0.3) is 5.56 Å². The Morgan fingerprint density at radius 3 is 2.88 bits per heavy atom. The van der Waals surface area contributed by atoms with E-state index in [-0.39, 0.29) is 27.7 Å². The molecule has 0 fully saturated rings. The molecular formula is C15H11BrN4O3S. The number of rotatable bonds is 2. The maximum absolute atomic E-state index is 12.5. The summed E-state index contributed by atoms with van der Waals surface area (Å²) >= 11 is 8.35. The van der Waals surface area contributed by atoms with E-state index in [4.69, 9.17) is 27.4 Å². The van der Waals surface area contributed by atoms with Gasteiger partial charge in [0, 0.05) is 10.0 Å². The van der Waals surface area contributed by atoms with Crippen LogP contribution >= 0.6 is 28.1 Å². The van der Waals surface area contributed by atoms with Gasteiger partial charge >= 0.3 is 0 Å². The molecule has 0 radical (unpaired) electrons. The number of allylic oxidation sites excluding steroid dienone is 1. The zero-order valence-corrected chi connectivity index (χ0v) is 14.7. The molecule has 0 spiro atoms. The molecule has 1 aliphatic rings. The SMILES string of the molecule is COc1ccc(Br)cc1[C@H]1C(C#N)=C(N)Oc2[nH]c(=S)[nH]c(=O)c21. The van der Waals surface area contributed by atoms with E-state index < -0.39 is 11.5 Å². The van der Waals surface area contributed by atoms with Crippen LogP contribution in [0.4, 0.5) is 0 Å². The van der Waals surface area contributed by atoms with E-state index in [1.165, 1.54) is 7.11 Å². The Hall–Kier alpha value is -2.57. The number of nitrogens with one attached hydrogen (secondary N) is 2. The van der Waals surface area contributed by atoms with Crippen LogP contribution in [0.5, 0.6) is 11.6 Å². The van der Waals surface area contributed by atoms with Gasteiger partial charge in [0.05, 0.1) is 18.6 Å². The van der Waals surface area contributed by atoms with Gasteiger partial charge in [-0.05, 0) is 30.4 Å². The van der Waals surface area contributed by atoms with Crippen molar-refractivity contribution >= 4 is 28.1 Å². The highest BCUT2D eigenvalue weighted by molar-refractivity contribution is 9.10. The van der Waals surface area contributed by atoms with Crippen LogP contribution in [-0.4, -0.2) is 17.1 Å². The highest BCUT2D eigenvalue weighted by atomic mass is 79.9. The van der Waals surface area contributed by atoms with Gasteiger partial charge in [-0.3, -0.25) is 9.78 Å². The third-order valence-electron chi connectivity index (χ3n) is 3.62. The lowest BCUT2D eigenvalue weighted by atomic mass is 9.84. The number of hydrogen-bond donors (Lipinski definition) is 3. The highest BCUT2D eigenvalue weighted by Gasteiger charge is 2.35. The third kappa shape index (κ3) is 2.60. The van der Waals surface area contributed by atoms with Crippen molar-refractivity contribution in [2.45, 2.75) is 5.92 Å². The van der Waals surface area contributed by atoms with Gasteiger partial charge in [-0.1, -0.05) is 15.9 Å². The molecule has 0 bridgehead atoms. The summed E-state index contributed by atoms with van der Waals surface area (Å²) in [5.74, 6) is -0.208. The molecule has 0 saturated carbocycles. The first kappa shape index (κ1) is 16.3. The van der Waals surface area contributed by atoms with Crippen LogP contribution in [0.1, 0.15) is 17.0 Å². The summed E-state index contributed by atoms with van der Waals surface area (Å²) in [4.78, 5) is 17.7. The second kappa shape index (κ2) is 6.14. The van der Waals surface area contributed by atoms with Gasteiger partial charge in [-0.25, -0.2) is 0 Å². The average Bonchev–Trinajstić information content (AvgIpc) is 2.53. The van der Waals surface area contributed by atoms with E-state index in [0.717, 1.165) is 4.47 Å². The van der Waals surface area contributed by atoms with Crippen LogP contribution in [0, 0.1) is 16.1 Å². The quantitative estimate of drug-likeness (QED) is 0.659. The van der Waals surface area contributed by atoms with Gasteiger partial charge in [0.1, 0.15) is 17.4 Å². The monoisotopic (exact) mass is 406 g/mol. The number of fused-ring (bicyclic) bond motifs is 1. The summed E-state index contributed by atoms with van der Waals surface area (Å²) in [6.07, 6.45) is 0. The maximum atomic E-state index is 12.5. The second-order valence-corrected chi connectivity index (χ2v) is 6.29. The molecule has 0 aliphatic carbocycles. The molecule has 4 N–H and O–H groups in total. The second-order valence-electron chi connectivity index (χ2n) is 4.96. The molecule has 24 heavy (non-hydrogen) atoms. The number of aromatic nitrogens is 2. The van der Waals surface area contributed by atoms with Crippen molar-refractivity contribution in [1.82, 2.24) is 9.97 Å². The van der Waals surface area contributed by atoms with Crippen molar-refractivity contribution in [2.75, 3.05) is 7.11 Å².